The van der Waals surface area contributed by atoms with E-state index in [-0.39, 0.29) is 5.91 Å². The topological polar surface area (TPSA) is 65.8 Å². The number of halogens is 1. The lowest BCUT2D eigenvalue weighted by Crippen LogP contribution is -2.43. The van der Waals surface area contributed by atoms with Crippen molar-refractivity contribution in [2.45, 2.75) is 25.5 Å². The van der Waals surface area contributed by atoms with Crippen LogP contribution in [0.4, 0.5) is 0 Å². The second-order valence-corrected chi connectivity index (χ2v) is 6.29. The van der Waals surface area contributed by atoms with Gasteiger partial charge in [0, 0.05) is 40.1 Å². The number of amides is 1. The smallest absolute Gasteiger partial charge is 0.276 e. The third-order valence-corrected chi connectivity index (χ3v) is 4.35. The average Bonchev–Trinajstić information content (AvgIpc) is 2.93. The predicted octanol–water partition coefficient (Wildman–Crippen LogP) is 3.30. The molecule has 0 aliphatic carbocycles. The number of pyridine rings is 1. The van der Waals surface area contributed by atoms with Crippen molar-refractivity contribution in [1.82, 2.24) is 9.99 Å². The van der Waals surface area contributed by atoms with Crippen LogP contribution in [0.25, 0.3) is 0 Å². The Hall–Kier alpha value is -2.05. The Bertz CT molecular complexity index is 763. The fourth-order valence-corrected chi connectivity index (χ4v) is 3.01. The zero-order valence-electron chi connectivity index (χ0n) is 12.6. The largest absolute Gasteiger partial charge is 0.365 e. The van der Waals surface area contributed by atoms with Gasteiger partial charge in [0.1, 0.15) is 0 Å². The van der Waals surface area contributed by atoms with Gasteiger partial charge in [0.2, 0.25) is 0 Å². The van der Waals surface area contributed by atoms with Gasteiger partial charge in [-0.3, -0.25) is 9.78 Å². The molecule has 23 heavy (non-hydrogen) atoms. The molecule has 1 amide bonds. The number of benzene rings is 1. The molecule has 0 fully saturated rings. The number of carbonyl (C=O) groups is 1. The van der Waals surface area contributed by atoms with E-state index >= 15 is 0 Å². The maximum absolute atomic E-state index is 12.9. The highest BCUT2D eigenvalue weighted by molar-refractivity contribution is 9.10. The van der Waals surface area contributed by atoms with Crippen molar-refractivity contribution in [2.75, 3.05) is 0 Å². The van der Waals surface area contributed by atoms with E-state index in [4.69, 9.17) is 0 Å². The first-order valence-electron chi connectivity index (χ1n) is 7.34. The number of rotatable bonds is 3. The van der Waals surface area contributed by atoms with Crippen LogP contribution in [-0.2, 0) is 5.72 Å². The summed E-state index contributed by atoms with van der Waals surface area (Å²) in [4.78, 5) is 16.8. The lowest BCUT2D eigenvalue weighted by molar-refractivity contribution is -0.0766. The van der Waals surface area contributed by atoms with Crippen molar-refractivity contribution in [3.8, 4) is 0 Å². The average molecular weight is 374 g/mol. The van der Waals surface area contributed by atoms with Gasteiger partial charge >= 0.3 is 0 Å². The minimum absolute atomic E-state index is 0.299. The number of hydrogen-bond acceptors (Lipinski definition) is 4. The highest BCUT2D eigenvalue weighted by atomic mass is 79.9. The molecule has 1 aliphatic rings. The fourth-order valence-electron chi connectivity index (χ4n) is 2.62. The van der Waals surface area contributed by atoms with Crippen LogP contribution in [0.3, 0.4) is 0 Å². The maximum Gasteiger partial charge on any atom is 0.276 e. The van der Waals surface area contributed by atoms with E-state index in [1.54, 1.807) is 42.7 Å². The van der Waals surface area contributed by atoms with E-state index in [1.807, 2.05) is 13.0 Å². The summed E-state index contributed by atoms with van der Waals surface area (Å²) in [5.41, 5.74) is 0.372. The molecule has 0 bridgehead atoms. The van der Waals surface area contributed by atoms with Gasteiger partial charge in [0.15, 0.2) is 5.72 Å². The number of carbonyl (C=O) groups excluding carboxylic acids is 1. The Morgan fingerprint density at radius 3 is 2.74 bits per heavy atom. The molecular formula is C17H16BrN3O2. The number of aromatic nitrogens is 1. The van der Waals surface area contributed by atoms with Gasteiger partial charge in [-0.1, -0.05) is 28.9 Å². The maximum atomic E-state index is 12.9. The first kappa shape index (κ1) is 15.8. The summed E-state index contributed by atoms with van der Waals surface area (Å²) in [5, 5.41) is 16.7. The molecule has 0 radical (unpaired) electrons. The minimum Gasteiger partial charge on any atom is -0.365 e. The van der Waals surface area contributed by atoms with Gasteiger partial charge in [0.25, 0.3) is 5.91 Å². The molecule has 118 valence electrons. The summed E-state index contributed by atoms with van der Waals surface area (Å²) in [6.45, 7) is 1.96. The summed E-state index contributed by atoms with van der Waals surface area (Å²) in [5.74, 6) is -0.339. The van der Waals surface area contributed by atoms with E-state index < -0.39 is 5.72 Å². The van der Waals surface area contributed by atoms with Crippen molar-refractivity contribution in [2.24, 2.45) is 5.10 Å². The standard InChI is InChI=1S/C17H16BrN3O2/c1-2-15-11-17(23,13-6-8-19-9-7-13)21(20-15)16(22)12-4-3-5-14(18)10-12/h3-10,23H,2,11H2,1H3/t17-/m0/s1. The van der Waals surface area contributed by atoms with E-state index in [9.17, 15) is 9.90 Å². The Morgan fingerprint density at radius 1 is 1.35 bits per heavy atom. The zero-order chi connectivity index (χ0) is 16.4. The van der Waals surface area contributed by atoms with E-state index in [0.717, 1.165) is 10.2 Å². The molecule has 1 atom stereocenters. The number of hydrazone groups is 1. The van der Waals surface area contributed by atoms with Gasteiger partial charge in [0.05, 0.1) is 0 Å². The van der Waals surface area contributed by atoms with Gasteiger partial charge in [-0.2, -0.15) is 10.1 Å². The van der Waals surface area contributed by atoms with Gasteiger partial charge in [-0.15, -0.1) is 0 Å². The second-order valence-electron chi connectivity index (χ2n) is 5.38. The third kappa shape index (κ3) is 2.92. The highest BCUT2D eigenvalue weighted by Crippen LogP contribution is 2.36. The Morgan fingerprint density at radius 2 is 2.09 bits per heavy atom. The molecule has 1 aromatic heterocycles. The number of nitrogens with zero attached hydrogens (tertiary/aromatic N) is 3. The van der Waals surface area contributed by atoms with Crippen LogP contribution in [-0.4, -0.2) is 26.7 Å². The summed E-state index contributed by atoms with van der Waals surface area (Å²) in [6.07, 6.45) is 4.17. The van der Waals surface area contributed by atoms with Crippen molar-refractivity contribution >= 4 is 27.5 Å². The minimum atomic E-state index is -1.48. The molecule has 2 aromatic rings. The fraction of sp³-hybridized carbons (Fsp3) is 0.235. The Kier molecular flexibility index (Phi) is 4.28. The Balaban J connectivity index is 2.03. The predicted molar refractivity (Wildman–Crippen MR) is 90.8 cm³/mol. The first-order valence-corrected chi connectivity index (χ1v) is 8.13. The van der Waals surface area contributed by atoms with Crippen molar-refractivity contribution < 1.29 is 9.90 Å². The lowest BCUT2D eigenvalue weighted by atomic mass is 9.97. The monoisotopic (exact) mass is 373 g/mol. The van der Waals surface area contributed by atoms with E-state index in [2.05, 4.69) is 26.0 Å². The second kappa shape index (κ2) is 6.22. The summed E-state index contributed by atoms with van der Waals surface area (Å²) >= 11 is 3.36. The van der Waals surface area contributed by atoms with Gasteiger partial charge < -0.3 is 5.11 Å². The summed E-state index contributed by atoms with van der Waals surface area (Å²) < 4.78 is 0.801. The molecule has 0 spiro atoms. The van der Waals surface area contributed by atoms with E-state index in [0.29, 0.717) is 24.0 Å². The SMILES string of the molecule is CCC1=NN(C(=O)c2cccc(Br)c2)[C@@](O)(c2ccncc2)C1. The molecule has 0 saturated heterocycles. The molecule has 2 heterocycles. The molecule has 1 N–H and O–H groups in total. The molecule has 0 saturated carbocycles. The van der Waals surface area contributed by atoms with Crippen molar-refractivity contribution in [3.63, 3.8) is 0 Å². The normalized spacial score (nSPS) is 20.5. The molecule has 1 aromatic carbocycles. The lowest BCUT2D eigenvalue weighted by Gasteiger charge is -2.31. The van der Waals surface area contributed by atoms with Gasteiger partial charge in [-0.25, -0.2) is 0 Å². The van der Waals surface area contributed by atoms with Crippen LogP contribution >= 0.6 is 15.9 Å². The van der Waals surface area contributed by atoms with Crippen LogP contribution in [0, 0.1) is 0 Å². The highest BCUT2D eigenvalue weighted by Gasteiger charge is 2.45. The molecule has 3 rings (SSSR count). The van der Waals surface area contributed by atoms with Crippen LogP contribution in [0.2, 0.25) is 0 Å². The number of aliphatic hydroxyl groups is 1. The molecule has 6 heteroatoms. The molecule has 5 nitrogen and oxygen atoms in total. The van der Waals surface area contributed by atoms with Crippen LogP contribution < -0.4 is 0 Å². The Labute approximate surface area is 142 Å². The summed E-state index contributed by atoms with van der Waals surface area (Å²) in [7, 11) is 0. The van der Waals surface area contributed by atoms with Crippen molar-refractivity contribution in [1.29, 1.82) is 0 Å². The number of hydrogen-bond donors (Lipinski definition) is 1. The van der Waals surface area contributed by atoms with Crippen LogP contribution in [0.5, 0.6) is 0 Å². The molecule has 1 aliphatic heterocycles. The van der Waals surface area contributed by atoms with E-state index in [1.165, 1.54) is 5.01 Å². The van der Waals surface area contributed by atoms with Gasteiger partial charge in [-0.05, 0) is 36.8 Å². The molecular weight excluding hydrogens is 358 g/mol. The first-order chi connectivity index (χ1) is 11.0. The zero-order valence-corrected chi connectivity index (χ0v) is 14.2. The molecule has 0 unspecified atom stereocenters. The summed E-state index contributed by atoms with van der Waals surface area (Å²) in [6, 6.07) is 10.5. The quantitative estimate of drug-likeness (QED) is 0.897. The third-order valence-electron chi connectivity index (χ3n) is 3.86. The van der Waals surface area contributed by atoms with Crippen LogP contribution in [0.1, 0.15) is 35.7 Å². The van der Waals surface area contributed by atoms with Crippen LogP contribution in [0.15, 0.2) is 58.4 Å². The van der Waals surface area contributed by atoms with Crippen molar-refractivity contribution in [3.05, 3.63) is 64.4 Å².